The largest absolute Gasteiger partial charge is 0.315 e. The Morgan fingerprint density at radius 1 is 1.11 bits per heavy atom. The van der Waals surface area contributed by atoms with Crippen molar-refractivity contribution in [2.75, 3.05) is 13.1 Å². The van der Waals surface area contributed by atoms with Crippen LogP contribution in [0.2, 0.25) is 0 Å². The number of hydrogen-bond acceptors (Lipinski definition) is 5. The molecule has 4 heterocycles. The van der Waals surface area contributed by atoms with Crippen LogP contribution in [0.3, 0.4) is 0 Å². The third-order valence-corrected chi connectivity index (χ3v) is 7.80. The molecule has 0 aliphatic carbocycles. The molecule has 0 radical (unpaired) electrons. The van der Waals surface area contributed by atoms with Crippen LogP contribution in [-0.2, 0) is 29.5 Å². The highest BCUT2D eigenvalue weighted by molar-refractivity contribution is 7.89. The quantitative estimate of drug-likeness (QED) is 0.795. The fourth-order valence-electron chi connectivity index (χ4n) is 4.22. The molecule has 8 nitrogen and oxygen atoms in total. The van der Waals surface area contributed by atoms with Crippen LogP contribution in [-0.4, -0.2) is 50.4 Å². The van der Waals surface area contributed by atoms with Crippen LogP contribution in [0, 0.1) is 6.92 Å². The van der Waals surface area contributed by atoms with Crippen molar-refractivity contribution in [2.45, 2.75) is 76.3 Å². The number of nitrogens with zero attached hydrogens (tertiary/aromatic N) is 6. The molecule has 2 aliphatic rings. The number of rotatable bonds is 4. The summed E-state index contributed by atoms with van der Waals surface area (Å²) in [6.07, 6.45) is 7.82. The second-order valence-corrected chi connectivity index (χ2v) is 9.46. The number of aromatic nitrogens is 5. The van der Waals surface area contributed by atoms with Crippen LogP contribution in [0.15, 0.2) is 11.1 Å². The smallest absolute Gasteiger partial charge is 0.246 e. The predicted octanol–water partition coefficient (Wildman–Crippen LogP) is 2.10. The van der Waals surface area contributed by atoms with Crippen molar-refractivity contribution in [1.82, 2.24) is 28.9 Å². The fourth-order valence-corrected chi connectivity index (χ4v) is 5.86. The van der Waals surface area contributed by atoms with Gasteiger partial charge in [0, 0.05) is 44.7 Å². The second-order valence-electron chi connectivity index (χ2n) is 7.55. The summed E-state index contributed by atoms with van der Waals surface area (Å²) in [5.41, 5.74) is 0.571. The Balaban J connectivity index is 1.49. The van der Waals surface area contributed by atoms with E-state index in [-0.39, 0.29) is 5.92 Å². The van der Waals surface area contributed by atoms with Crippen LogP contribution < -0.4 is 0 Å². The summed E-state index contributed by atoms with van der Waals surface area (Å²) in [4.78, 5) is 0.333. The number of fused-ring (bicyclic) bond motifs is 1. The highest BCUT2D eigenvalue weighted by Crippen LogP contribution is 2.31. The van der Waals surface area contributed by atoms with Crippen molar-refractivity contribution < 1.29 is 8.42 Å². The van der Waals surface area contributed by atoms with Crippen LogP contribution in [0.4, 0.5) is 0 Å². The summed E-state index contributed by atoms with van der Waals surface area (Å²) in [5.74, 6) is 2.44. The number of piperidine rings is 1. The fraction of sp³-hybridized carbons (Fsp3) is 0.722. The van der Waals surface area contributed by atoms with Crippen molar-refractivity contribution in [1.29, 1.82) is 0 Å². The molecule has 0 amide bonds. The van der Waals surface area contributed by atoms with Gasteiger partial charge in [-0.2, -0.15) is 9.40 Å². The van der Waals surface area contributed by atoms with E-state index in [0.29, 0.717) is 30.2 Å². The normalized spacial score (nSPS) is 19.8. The van der Waals surface area contributed by atoms with E-state index < -0.39 is 10.0 Å². The number of sulfonamides is 1. The first-order valence-electron chi connectivity index (χ1n) is 9.97. The molecule has 1 fully saturated rings. The summed E-state index contributed by atoms with van der Waals surface area (Å²) < 4.78 is 31.7. The molecule has 0 aromatic carbocycles. The Bertz CT molecular complexity index is 908. The maximum atomic E-state index is 13.0. The van der Waals surface area contributed by atoms with Gasteiger partial charge in [0.25, 0.3) is 0 Å². The molecule has 1 saturated heterocycles. The lowest BCUT2D eigenvalue weighted by molar-refractivity contribution is 0.308. The van der Waals surface area contributed by atoms with Gasteiger partial charge in [-0.15, -0.1) is 10.2 Å². The van der Waals surface area contributed by atoms with Gasteiger partial charge in [0.15, 0.2) is 0 Å². The third kappa shape index (κ3) is 3.42. The van der Waals surface area contributed by atoms with E-state index in [4.69, 9.17) is 0 Å². The highest BCUT2D eigenvalue weighted by Gasteiger charge is 2.34. The minimum Gasteiger partial charge on any atom is -0.315 e. The van der Waals surface area contributed by atoms with Crippen molar-refractivity contribution >= 4 is 10.0 Å². The summed E-state index contributed by atoms with van der Waals surface area (Å²) in [5, 5.41) is 13.2. The average molecular weight is 393 g/mol. The Kier molecular flexibility index (Phi) is 5.07. The Hall–Kier alpha value is -1.74. The molecule has 0 N–H and O–H groups in total. The molecule has 0 bridgehead atoms. The zero-order valence-corrected chi connectivity index (χ0v) is 17.0. The van der Waals surface area contributed by atoms with Crippen LogP contribution in [0.1, 0.15) is 62.3 Å². The van der Waals surface area contributed by atoms with E-state index >= 15 is 0 Å². The van der Waals surface area contributed by atoms with Crippen LogP contribution in [0.5, 0.6) is 0 Å². The predicted molar refractivity (Wildman–Crippen MR) is 101 cm³/mol. The number of hydrogen-bond donors (Lipinski definition) is 0. The van der Waals surface area contributed by atoms with E-state index in [1.807, 2.05) is 6.92 Å². The Morgan fingerprint density at radius 3 is 2.59 bits per heavy atom. The topological polar surface area (TPSA) is 85.9 Å². The third-order valence-electron chi connectivity index (χ3n) is 5.80. The lowest BCUT2D eigenvalue weighted by Crippen LogP contribution is -2.38. The maximum Gasteiger partial charge on any atom is 0.246 e. The van der Waals surface area contributed by atoms with Gasteiger partial charge < -0.3 is 4.57 Å². The van der Waals surface area contributed by atoms with Gasteiger partial charge in [0.05, 0.1) is 5.69 Å². The zero-order chi connectivity index (χ0) is 19.0. The molecule has 2 aliphatic heterocycles. The summed E-state index contributed by atoms with van der Waals surface area (Å²) in [7, 11) is -3.49. The molecule has 9 heteroatoms. The first-order chi connectivity index (χ1) is 13.0. The average Bonchev–Trinajstić information content (AvgIpc) is 3.18. The first kappa shape index (κ1) is 18.6. The van der Waals surface area contributed by atoms with E-state index in [1.54, 1.807) is 22.1 Å². The van der Waals surface area contributed by atoms with Crippen LogP contribution >= 0.6 is 0 Å². The minimum absolute atomic E-state index is 0.287. The van der Waals surface area contributed by atoms with Gasteiger partial charge in [-0.1, -0.05) is 6.42 Å². The number of aryl methyl sites for hydroxylation is 3. The SMILES string of the molecule is CCn1cc(S(=O)(=O)N2CCC(c3nnc4n3CCCCC4)CC2)c(C)n1. The lowest BCUT2D eigenvalue weighted by atomic mass is 9.97. The molecule has 4 rings (SSSR count). The maximum absolute atomic E-state index is 13.0. The van der Waals surface area contributed by atoms with E-state index in [9.17, 15) is 8.42 Å². The standard InChI is InChI=1S/C18H28N6O2S/c1-3-22-13-16(14(2)21-22)27(25,26)23-11-8-15(9-12-23)18-20-19-17-7-5-4-6-10-24(17)18/h13,15H,3-12H2,1-2H3. The van der Waals surface area contributed by atoms with Gasteiger partial charge in [-0.3, -0.25) is 4.68 Å². The molecule has 2 aromatic rings. The Morgan fingerprint density at radius 2 is 1.89 bits per heavy atom. The molecule has 0 atom stereocenters. The van der Waals surface area contributed by atoms with E-state index in [1.165, 1.54) is 19.3 Å². The van der Waals surface area contributed by atoms with Crippen molar-refractivity contribution in [2.24, 2.45) is 0 Å². The summed E-state index contributed by atoms with van der Waals surface area (Å²) >= 11 is 0. The molecular formula is C18H28N6O2S. The highest BCUT2D eigenvalue weighted by atomic mass is 32.2. The van der Waals surface area contributed by atoms with E-state index in [2.05, 4.69) is 19.9 Å². The minimum atomic E-state index is -3.49. The molecule has 0 saturated carbocycles. The molecular weight excluding hydrogens is 364 g/mol. The van der Waals surface area contributed by atoms with Gasteiger partial charge >= 0.3 is 0 Å². The van der Waals surface area contributed by atoms with Crippen molar-refractivity contribution in [3.63, 3.8) is 0 Å². The monoisotopic (exact) mass is 392 g/mol. The molecule has 27 heavy (non-hydrogen) atoms. The van der Waals surface area contributed by atoms with Gasteiger partial charge in [0.1, 0.15) is 16.5 Å². The van der Waals surface area contributed by atoms with Gasteiger partial charge in [-0.05, 0) is 39.5 Å². The van der Waals surface area contributed by atoms with Gasteiger partial charge in [0.2, 0.25) is 10.0 Å². The molecule has 0 spiro atoms. The van der Waals surface area contributed by atoms with Crippen molar-refractivity contribution in [3.05, 3.63) is 23.5 Å². The zero-order valence-electron chi connectivity index (χ0n) is 16.1. The second kappa shape index (κ2) is 7.35. The first-order valence-corrected chi connectivity index (χ1v) is 11.4. The van der Waals surface area contributed by atoms with Crippen LogP contribution in [0.25, 0.3) is 0 Å². The summed E-state index contributed by atoms with van der Waals surface area (Å²) in [6.45, 7) is 6.41. The molecule has 148 valence electrons. The van der Waals surface area contributed by atoms with E-state index in [0.717, 1.165) is 37.5 Å². The summed E-state index contributed by atoms with van der Waals surface area (Å²) in [6, 6.07) is 0. The lowest BCUT2D eigenvalue weighted by Gasteiger charge is -2.30. The van der Waals surface area contributed by atoms with Crippen molar-refractivity contribution in [3.8, 4) is 0 Å². The Labute approximate surface area is 160 Å². The molecule has 2 aromatic heterocycles. The van der Waals surface area contributed by atoms with Gasteiger partial charge in [-0.25, -0.2) is 8.42 Å². The molecule has 0 unspecified atom stereocenters.